The summed E-state index contributed by atoms with van der Waals surface area (Å²) >= 11 is 4.22. The van der Waals surface area contributed by atoms with Gasteiger partial charge in [0.2, 0.25) is 0 Å². The molecule has 0 aromatic carbocycles. The Balaban J connectivity index is 2.16. The first-order valence-electron chi connectivity index (χ1n) is 2.62. The van der Waals surface area contributed by atoms with Gasteiger partial charge in [-0.3, -0.25) is 4.99 Å². The third kappa shape index (κ3) is 1.93. The van der Waals surface area contributed by atoms with E-state index < -0.39 is 0 Å². The summed E-state index contributed by atoms with van der Waals surface area (Å²) in [4.78, 5) is 4.26. The van der Waals surface area contributed by atoms with E-state index in [1.165, 1.54) is 16.6 Å². The number of hydrogen-bond donors (Lipinski definition) is 0. The molecule has 1 rings (SSSR count). The Bertz CT molecular complexity index is 94.4. The largest absolute Gasteiger partial charge is 0.282 e. The first-order valence-corrected chi connectivity index (χ1v) is 5.20. The molecule has 0 saturated heterocycles. The second-order valence-electron chi connectivity index (χ2n) is 1.72. The molecule has 8 heavy (non-hydrogen) atoms. The van der Waals surface area contributed by atoms with Gasteiger partial charge in [0.1, 0.15) is 0 Å². The number of alkyl halides is 1. The number of halogens is 1. The fourth-order valence-electron chi connectivity index (χ4n) is 0.610. The van der Waals surface area contributed by atoms with Crippen LogP contribution in [-0.2, 0) is 0 Å². The molecule has 1 atom stereocenters. The molecule has 0 bridgehead atoms. The number of nitrogens with zero attached hydrogens (tertiary/aromatic N) is 1. The van der Waals surface area contributed by atoms with Crippen LogP contribution >= 0.6 is 34.4 Å². The molecule has 0 spiro atoms. The standard InChI is InChI=1S/C5H8INS/c6-2-1-5-3-8-4-7-5/h4-5H,1-3H2/t5-/m1/s1. The van der Waals surface area contributed by atoms with E-state index in [0.29, 0.717) is 6.04 Å². The van der Waals surface area contributed by atoms with Crippen molar-refractivity contribution in [1.29, 1.82) is 0 Å². The summed E-state index contributed by atoms with van der Waals surface area (Å²) in [7, 11) is 0. The van der Waals surface area contributed by atoms with Crippen molar-refractivity contribution in [3.63, 3.8) is 0 Å². The Kier molecular flexibility index (Phi) is 3.19. The summed E-state index contributed by atoms with van der Waals surface area (Å²) < 4.78 is 1.24. The molecule has 3 heteroatoms. The summed E-state index contributed by atoms with van der Waals surface area (Å²) in [5, 5.41) is 0. The molecule has 1 heterocycles. The summed E-state index contributed by atoms with van der Waals surface area (Å²) in [6, 6.07) is 0.636. The van der Waals surface area contributed by atoms with Gasteiger partial charge in [0.15, 0.2) is 0 Å². The Morgan fingerprint density at radius 2 is 2.75 bits per heavy atom. The number of aliphatic imine (C=N–C) groups is 1. The molecular weight excluding hydrogens is 233 g/mol. The van der Waals surface area contributed by atoms with Crippen LogP contribution in [-0.4, -0.2) is 21.8 Å². The van der Waals surface area contributed by atoms with Crippen LogP contribution in [0.2, 0.25) is 0 Å². The fraction of sp³-hybridized carbons (Fsp3) is 0.800. The molecule has 0 aromatic heterocycles. The minimum atomic E-state index is 0.636. The van der Waals surface area contributed by atoms with Crippen LogP contribution in [0, 0.1) is 0 Å². The van der Waals surface area contributed by atoms with Gasteiger partial charge in [-0.15, -0.1) is 11.8 Å². The lowest BCUT2D eigenvalue weighted by Crippen LogP contribution is -2.02. The summed E-state index contributed by atoms with van der Waals surface area (Å²) in [6.45, 7) is 0. The zero-order valence-electron chi connectivity index (χ0n) is 4.51. The van der Waals surface area contributed by atoms with Crippen LogP contribution in [0.5, 0.6) is 0 Å². The van der Waals surface area contributed by atoms with Crippen molar-refractivity contribution in [1.82, 2.24) is 0 Å². The molecule has 46 valence electrons. The van der Waals surface area contributed by atoms with Gasteiger partial charge in [-0.25, -0.2) is 0 Å². The van der Waals surface area contributed by atoms with Crippen molar-refractivity contribution in [3.8, 4) is 0 Å². The first kappa shape index (κ1) is 6.86. The van der Waals surface area contributed by atoms with Gasteiger partial charge in [-0.1, -0.05) is 22.6 Å². The molecule has 1 aliphatic heterocycles. The normalized spacial score (nSPS) is 26.9. The second kappa shape index (κ2) is 3.71. The maximum absolute atomic E-state index is 4.26. The average molecular weight is 241 g/mol. The summed E-state index contributed by atoms with van der Waals surface area (Å²) in [6.07, 6.45) is 1.25. The molecule has 0 unspecified atom stereocenters. The third-order valence-electron chi connectivity index (χ3n) is 1.08. The van der Waals surface area contributed by atoms with Crippen molar-refractivity contribution in [2.45, 2.75) is 12.5 Å². The monoisotopic (exact) mass is 241 g/mol. The lowest BCUT2D eigenvalue weighted by atomic mass is 10.3. The van der Waals surface area contributed by atoms with E-state index in [2.05, 4.69) is 27.6 Å². The maximum atomic E-state index is 4.26. The molecule has 0 fully saturated rings. The van der Waals surface area contributed by atoms with Crippen molar-refractivity contribution in [2.75, 3.05) is 10.2 Å². The molecule has 0 saturated carbocycles. The van der Waals surface area contributed by atoms with Crippen LogP contribution in [0.15, 0.2) is 4.99 Å². The van der Waals surface area contributed by atoms with Crippen molar-refractivity contribution in [3.05, 3.63) is 0 Å². The molecule has 0 aromatic rings. The molecule has 1 nitrogen and oxygen atoms in total. The van der Waals surface area contributed by atoms with Crippen molar-refractivity contribution in [2.24, 2.45) is 4.99 Å². The lowest BCUT2D eigenvalue weighted by molar-refractivity contribution is 0.753. The minimum Gasteiger partial charge on any atom is -0.282 e. The van der Waals surface area contributed by atoms with Gasteiger partial charge in [-0.05, 0) is 6.42 Å². The Labute approximate surface area is 67.5 Å². The smallest absolute Gasteiger partial charge is 0.0607 e. The highest BCUT2D eigenvalue weighted by atomic mass is 127. The van der Waals surface area contributed by atoms with Crippen molar-refractivity contribution < 1.29 is 0 Å². The van der Waals surface area contributed by atoms with Gasteiger partial charge in [0.25, 0.3) is 0 Å². The predicted octanol–water partition coefficient (Wildman–Crippen LogP) is 1.96. The number of hydrogen-bond acceptors (Lipinski definition) is 2. The van der Waals surface area contributed by atoms with Gasteiger partial charge < -0.3 is 0 Å². The predicted molar refractivity (Wildman–Crippen MR) is 48.2 cm³/mol. The highest BCUT2D eigenvalue weighted by Crippen LogP contribution is 2.14. The highest BCUT2D eigenvalue weighted by Gasteiger charge is 2.08. The van der Waals surface area contributed by atoms with E-state index in [-0.39, 0.29) is 0 Å². The van der Waals surface area contributed by atoms with E-state index in [0.717, 1.165) is 0 Å². The van der Waals surface area contributed by atoms with Gasteiger partial charge in [0, 0.05) is 10.2 Å². The number of thioether (sulfide) groups is 1. The molecule has 0 aliphatic carbocycles. The first-order chi connectivity index (χ1) is 3.93. The molecule has 0 radical (unpaired) electrons. The molecular formula is C5H8INS. The van der Waals surface area contributed by atoms with E-state index in [4.69, 9.17) is 0 Å². The van der Waals surface area contributed by atoms with Crippen LogP contribution in [0.3, 0.4) is 0 Å². The van der Waals surface area contributed by atoms with Crippen LogP contribution in [0.1, 0.15) is 6.42 Å². The van der Waals surface area contributed by atoms with Crippen LogP contribution in [0.4, 0.5) is 0 Å². The lowest BCUT2D eigenvalue weighted by Gasteiger charge is -1.99. The van der Waals surface area contributed by atoms with E-state index in [9.17, 15) is 0 Å². The van der Waals surface area contributed by atoms with Gasteiger partial charge >= 0.3 is 0 Å². The van der Waals surface area contributed by atoms with E-state index >= 15 is 0 Å². The highest BCUT2D eigenvalue weighted by molar-refractivity contribution is 14.1. The minimum absolute atomic E-state index is 0.636. The van der Waals surface area contributed by atoms with E-state index in [1.807, 2.05) is 17.3 Å². The Hall–Kier alpha value is 0.750. The zero-order chi connectivity index (χ0) is 5.82. The average Bonchev–Trinajstić information content (AvgIpc) is 2.19. The summed E-state index contributed by atoms with van der Waals surface area (Å²) in [5.74, 6) is 1.21. The SMILES string of the molecule is ICC[C@@H]1CSC=N1. The Morgan fingerprint density at radius 1 is 1.88 bits per heavy atom. The summed E-state index contributed by atoms with van der Waals surface area (Å²) in [5.41, 5.74) is 1.97. The van der Waals surface area contributed by atoms with Gasteiger partial charge in [-0.2, -0.15) is 0 Å². The molecule has 0 amide bonds. The van der Waals surface area contributed by atoms with Crippen LogP contribution < -0.4 is 0 Å². The molecule has 0 N–H and O–H groups in total. The Morgan fingerprint density at radius 3 is 3.25 bits per heavy atom. The van der Waals surface area contributed by atoms with Gasteiger partial charge in [0.05, 0.1) is 11.6 Å². The second-order valence-corrected chi connectivity index (χ2v) is 3.68. The zero-order valence-corrected chi connectivity index (χ0v) is 7.48. The topological polar surface area (TPSA) is 12.4 Å². The fourth-order valence-corrected chi connectivity index (χ4v) is 2.15. The van der Waals surface area contributed by atoms with E-state index in [1.54, 1.807) is 0 Å². The van der Waals surface area contributed by atoms with Crippen LogP contribution in [0.25, 0.3) is 0 Å². The number of rotatable bonds is 2. The molecule has 1 aliphatic rings. The third-order valence-corrected chi connectivity index (χ3v) is 2.55. The van der Waals surface area contributed by atoms with Crippen molar-refractivity contribution >= 4 is 39.9 Å². The maximum Gasteiger partial charge on any atom is 0.0607 e. The quantitative estimate of drug-likeness (QED) is 0.531.